The number of thioether (sulfide) groups is 1. The molecular formula is C20H20FN5OS. The van der Waals surface area contributed by atoms with Crippen molar-refractivity contribution in [3.8, 4) is 0 Å². The molecule has 0 saturated carbocycles. The summed E-state index contributed by atoms with van der Waals surface area (Å²) >= 11 is 1.84. The number of rotatable bonds is 3. The fraction of sp³-hybridized carbons (Fsp3) is 0.400. The Morgan fingerprint density at radius 1 is 1.25 bits per heavy atom. The third-order valence-corrected chi connectivity index (χ3v) is 6.52. The minimum absolute atomic E-state index is 0.0494. The van der Waals surface area contributed by atoms with Crippen molar-refractivity contribution in [1.29, 1.82) is 0 Å². The number of benzene rings is 1. The van der Waals surface area contributed by atoms with Gasteiger partial charge in [0.1, 0.15) is 18.0 Å². The van der Waals surface area contributed by atoms with Gasteiger partial charge in [0.05, 0.1) is 23.8 Å². The second-order valence-corrected chi connectivity index (χ2v) is 8.39. The molecule has 28 heavy (non-hydrogen) atoms. The highest BCUT2D eigenvalue weighted by molar-refractivity contribution is 7.98. The molecule has 4 heterocycles. The zero-order valence-corrected chi connectivity index (χ0v) is 16.2. The summed E-state index contributed by atoms with van der Waals surface area (Å²) in [6, 6.07) is 6.41. The molecule has 8 heteroatoms. The number of fused-ring (bicyclic) bond motifs is 2. The minimum Gasteiger partial charge on any atom is -0.351 e. The molecule has 2 aromatic heterocycles. The zero-order chi connectivity index (χ0) is 19.1. The lowest BCUT2D eigenvalue weighted by Crippen LogP contribution is -2.38. The van der Waals surface area contributed by atoms with Crippen molar-refractivity contribution in [3.05, 3.63) is 58.0 Å². The van der Waals surface area contributed by atoms with Crippen LogP contribution >= 0.6 is 11.8 Å². The average molecular weight is 397 g/mol. The molecule has 5 rings (SSSR count). The van der Waals surface area contributed by atoms with Crippen molar-refractivity contribution in [3.63, 3.8) is 0 Å². The molecule has 0 aliphatic carbocycles. The first-order chi connectivity index (χ1) is 13.7. The molecular weight excluding hydrogens is 377 g/mol. The van der Waals surface area contributed by atoms with Crippen LogP contribution < -0.4 is 10.5 Å². The molecule has 2 aliphatic rings. The summed E-state index contributed by atoms with van der Waals surface area (Å²) in [5, 5.41) is 5.36. The summed E-state index contributed by atoms with van der Waals surface area (Å²) in [5.41, 5.74) is 2.78. The molecule has 0 spiro atoms. The largest absolute Gasteiger partial charge is 0.351 e. The van der Waals surface area contributed by atoms with E-state index in [1.165, 1.54) is 18.5 Å². The van der Waals surface area contributed by atoms with Gasteiger partial charge in [0.25, 0.3) is 5.56 Å². The molecule has 3 aromatic rings. The summed E-state index contributed by atoms with van der Waals surface area (Å²) in [4.78, 5) is 23.5. The second-order valence-electron chi connectivity index (χ2n) is 7.29. The Morgan fingerprint density at radius 3 is 3.11 bits per heavy atom. The summed E-state index contributed by atoms with van der Waals surface area (Å²) in [6.07, 6.45) is 4.38. The van der Waals surface area contributed by atoms with Gasteiger partial charge in [0.2, 0.25) is 0 Å². The van der Waals surface area contributed by atoms with Crippen LogP contribution in [0.2, 0.25) is 0 Å². The molecule has 0 bridgehead atoms. The van der Waals surface area contributed by atoms with E-state index in [-0.39, 0.29) is 17.4 Å². The molecule has 0 N–H and O–H groups in total. The van der Waals surface area contributed by atoms with Crippen LogP contribution in [-0.2, 0) is 18.7 Å². The lowest BCUT2D eigenvalue weighted by atomic mass is 10.1. The van der Waals surface area contributed by atoms with Crippen LogP contribution in [0.25, 0.3) is 10.9 Å². The molecule has 0 amide bonds. The highest BCUT2D eigenvalue weighted by Gasteiger charge is 2.28. The number of nitrogens with zero attached hydrogens (tertiary/aromatic N) is 5. The fourth-order valence-corrected chi connectivity index (χ4v) is 5.08. The van der Waals surface area contributed by atoms with Crippen molar-refractivity contribution >= 4 is 28.5 Å². The van der Waals surface area contributed by atoms with Crippen molar-refractivity contribution in [2.24, 2.45) is 0 Å². The van der Waals surface area contributed by atoms with Gasteiger partial charge in [-0.3, -0.25) is 4.79 Å². The van der Waals surface area contributed by atoms with Gasteiger partial charge in [0.15, 0.2) is 0 Å². The van der Waals surface area contributed by atoms with E-state index in [9.17, 15) is 9.18 Å². The summed E-state index contributed by atoms with van der Waals surface area (Å²) < 4.78 is 15.4. The molecule has 0 radical (unpaired) electrons. The highest BCUT2D eigenvalue weighted by atomic mass is 32.2. The Kier molecular flexibility index (Phi) is 4.50. The Balaban J connectivity index is 1.49. The maximum absolute atomic E-state index is 13.8. The van der Waals surface area contributed by atoms with Crippen LogP contribution in [0.5, 0.6) is 0 Å². The molecule has 2 aliphatic heterocycles. The molecule has 1 atom stereocenters. The first-order valence-electron chi connectivity index (χ1n) is 9.53. The van der Waals surface area contributed by atoms with Gasteiger partial charge >= 0.3 is 0 Å². The first kappa shape index (κ1) is 17.6. The van der Waals surface area contributed by atoms with E-state index < -0.39 is 0 Å². The smallest absolute Gasteiger partial charge is 0.267 e. The SMILES string of the molecule is O=c1cc2c(nn1CC1CCCN1c1ncnc3ccc(F)cc13)CCSC2. The Bertz CT molecular complexity index is 1100. The molecule has 6 nitrogen and oxygen atoms in total. The number of aromatic nitrogens is 4. The molecule has 1 fully saturated rings. The van der Waals surface area contributed by atoms with Gasteiger partial charge in [-0.05, 0) is 42.4 Å². The molecule has 1 unspecified atom stereocenters. The van der Waals surface area contributed by atoms with Gasteiger partial charge in [-0.1, -0.05) is 0 Å². The topological polar surface area (TPSA) is 63.9 Å². The predicted molar refractivity (Wildman–Crippen MR) is 108 cm³/mol. The quantitative estimate of drug-likeness (QED) is 0.677. The van der Waals surface area contributed by atoms with E-state index in [1.54, 1.807) is 16.8 Å². The van der Waals surface area contributed by atoms with Crippen LogP contribution in [0, 0.1) is 5.82 Å². The third-order valence-electron chi connectivity index (χ3n) is 5.51. The first-order valence-corrected chi connectivity index (χ1v) is 10.7. The van der Waals surface area contributed by atoms with Crippen molar-refractivity contribution in [1.82, 2.24) is 19.7 Å². The Hall–Kier alpha value is -2.48. The number of aryl methyl sites for hydroxylation is 1. The molecule has 1 aromatic carbocycles. The predicted octanol–water partition coefficient (Wildman–Crippen LogP) is 2.78. The second kappa shape index (κ2) is 7.16. The number of hydrogen-bond donors (Lipinski definition) is 0. The van der Waals surface area contributed by atoms with E-state index in [0.29, 0.717) is 11.9 Å². The van der Waals surface area contributed by atoms with Crippen LogP contribution in [0.15, 0.2) is 35.4 Å². The van der Waals surface area contributed by atoms with Crippen molar-refractivity contribution in [2.45, 2.75) is 37.6 Å². The van der Waals surface area contributed by atoms with Gasteiger partial charge in [-0.2, -0.15) is 16.9 Å². The fourth-order valence-electron chi connectivity index (χ4n) is 4.13. The van der Waals surface area contributed by atoms with Gasteiger partial charge in [0, 0.05) is 30.2 Å². The van der Waals surface area contributed by atoms with Gasteiger partial charge in [-0.25, -0.2) is 19.0 Å². The summed E-state index contributed by atoms with van der Waals surface area (Å²) in [7, 11) is 0. The lowest BCUT2D eigenvalue weighted by molar-refractivity contribution is 0.480. The number of hydrogen-bond acceptors (Lipinski definition) is 6. The normalized spacial score (nSPS) is 19.2. The Morgan fingerprint density at radius 2 is 2.18 bits per heavy atom. The van der Waals surface area contributed by atoms with Crippen molar-refractivity contribution < 1.29 is 4.39 Å². The maximum Gasteiger partial charge on any atom is 0.267 e. The lowest BCUT2D eigenvalue weighted by Gasteiger charge is -2.27. The van der Waals surface area contributed by atoms with Gasteiger partial charge < -0.3 is 4.90 Å². The van der Waals surface area contributed by atoms with E-state index in [4.69, 9.17) is 0 Å². The van der Waals surface area contributed by atoms with E-state index in [0.717, 1.165) is 59.9 Å². The van der Waals surface area contributed by atoms with E-state index in [1.807, 2.05) is 11.8 Å². The summed E-state index contributed by atoms with van der Waals surface area (Å²) in [6.45, 7) is 1.34. The van der Waals surface area contributed by atoms with Gasteiger partial charge in [-0.15, -0.1) is 0 Å². The monoisotopic (exact) mass is 397 g/mol. The van der Waals surface area contributed by atoms with Crippen LogP contribution in [-0.4, -0.2) is 38.1 Å². The summed E-state index contributed by atoms with van der Waals surface area (Å²) in [5.74, 6) is 2.35. The maximum atomic E-state index is 13.8. The third kappa shape index (κ3) is 3.15. The van der Waals surface area contributed by atoms with Crippen molar-refractivity contribution in [2.75, 3.05) is 17.2 Å². The van der Waals surface area contributed by atoms with Crippen LogP contribution in [0.3, 0.4) is 0 Å². The van der Waals surface area contributed by atoms with Crippen LogP contribution in [0.4, 0.5) is 10.2 Å². The Labute approximate surface area is 165 Å². The molecule has 1 saturated heterocycles. The number of halogens is 1. The average Bonchev–Trinajstić information content (AvgIpc) is 3.16. The van der Waals surface area contributed by atoms with E-state index in [2.05, 4.69) is 20.0 Å². The number of anilines is 1. The zero-order valence-electron chi connectivity index (χ0n) is 15.3. The molecule has 144 valence electrons. The minimum atomic E-state index is -0.301. The van der Waals surface area contributed by atoms with E-state index >= 15 is 0 Å². The van der Waals surface area contributed by atoms with Crippen LogP contribution in [0.1, 0.15) is 24.1 Å². The highest BCUT2D eigenvalue weighted by Crippen LogP contribution is 2.30. The standard InChI is InChI=1S/C20H20FN5OS/c21-14-3-4-18-16(9-14)20(23-12-22-18)25-6-1-2-15(25)10-26-19(27)8-13-11-28-7-5-17(13)24-26/h3-4,8-9,12,15H,1-2,5-7,10-11H2.